The molecule has 2 heterocycles. The first kappa shape index (κ1) is 12.6. The molecule has 92 valence electrons. The van der Waals surface area contributed by atoms with E-state index in [0.29, 0.717) is 10.7 Å². The van der Waals surface area contributed by atoms with Gasteiger partial charge in [0.15, 0.2) is 0 Å². The molecule has 17 heavy (non-hydrogen) atoms. The third-order valence-electron chi connectivity index (χ3n) is 3.23. The van der Waals surface area contributed by atoms with E-state index in [1.165, 1.54) is 0 Å². The van der Waals surface area contributed by atoms with E-state index >= 15 is 0 Å². The number of alkyl halides is 1. The zero-order valence-electron chi connectivity index (χ0n) is 10.2. The van der Waals surface area contributed by atoms with Crippen LogP contribution >= 0.6 is 15.9 Å². The molecule has 1 amide bonds. The summed E-state index contributed by atoms with van der Waals surface area (Å²) in [6, 6.07) is 3.65. The molecule has 2 rings (SSSR count). The Labute approximate surface area is 110 Å². The Kier molecular flexibility index (Phi) is 3.82. The minimum Gasteiger partial charge on any atom is -0.338 e. The van der Waals surface area contributed by atoms with Crippen molar-refractivity contribution in [2.75, 3.05) is 13.1 Å². The van der Waals surface area contributed by atoms with Crippen LogP contribution in [0, 0.1) is 12.8 Å². The molecule has 1 saturated heterocycles. The molecular weight excluding hydrogens is 280 g/mol. The number of aryl methyl sites for hydroxylation is 1. The van der Waals surface area contributed by atoms with Gasteiger partial charge < -0.3 is 4.90 Å². The third-order valence-corrected chi connectivity index (χ3v) is 4.59. The van der Waals surface area contributed by atoms with Crippen molar-refractivity contribution < 1.29 is 4.79 Å². The molecule has 2 atom stereocenters. The molecule has 0 radical (unpaired) electrons. The highest BCUT2D eigenvalue weighted by atomic mass is 79.9. The van der Waals surface area contributed by atoms with Gasteiger partial charge in [0.2, 0.25) is 0 Å². The maximum absolute atomic E-state index is 12.3. The maximum Gasteiger partial charge on any atom is 0.253 e. The van der Waals surface area contributed by atoms with Gasteiger partial charge in [-0.3, -0.25) is 9.78 Å². The number of pyridine rings is 1. The lowest BCUT2D eigenvalue weighted by Gasteiger charge is -2.34. The van der Waals surface area contributed by atoms with Crippen molar-refractivity contribution >= 4 is 21.8 Å². The van der Waals surface area contributed by atoms with Gasteiger partial charge in [0, 0.05) is 35.4 Å². The van der Waals surface area contributed by atoms with E-state index in [1.807, 2.05) is 17.9 Å². The Morgan fingerprint density at radius 1 is 1.59 bits per heavy atom. The molecule has 1 aliphatic heterocycles. The second kappa shape index (κ2) is 5.17. The number of aromatic nitrogens is 1. The number of carbonyl (C=O) groups is 1. The molecule has 3 nitrogen and oxygen atoms in total. The van der Waals surface area contributed by atoms with E-state index in [1.54, 1.807) is 12.3 Å². The topological polar surface area (TPSA) is 33.2 Å². The van der Waals surface area contributed by atoms with Crippen molar-refractivity contribution in [1.29, 1.82) is 0 Å². The number of hydrogen-bond donors (Lipinski definition) is 0. The number of rotatable bonds is 1. The quantitative estimate of drug-likeness (QED) is 0.747. The molecule has 0 bridgehead atoms. The molecule has 0 N–H and O–H groups in total. The predicted octanol–water partition coefficient (Wildman–Crippen LogP) is 2.64. The summed E-state index contributed by atoms with van der Waals surface area (Å²) in [6.45, 7) is 5.75. The second-order valence-electron chi connectivity index (χ2n) is 4.72. The summed E-state index contributed by atoms with van der Waals surface area (Å²) in [5.41, 5.74) is 1.64. The van der Waals surface area contributed by atoms with Crippen LogP contribution in [0.25, 0.3) is 0 Å². The largest absolute Gasteiger partial charge is 0.338 e. The molecule has 0 aromatic carbocycles. The van der Waals surface area contributed by atoms with E-state index in [4.69, 9.17) is 0 Å². The third kappa shape index (κ3) is 2.86. The average Bonchev–Trinajstić information content (AvgIpc) is 2.32. The van der Waals surface area contributed by atoms with E-state index in [0.717, 1.165) is 30.8 Å². The van der Waals surface area contributed by atoms with E-state index in [-0.39, 0.29) is 5.91 Å². The number of piperidine rings is 1. The van der Waals surface area contributed by atoms with Crippen LogP contribution in [0.2, 0.25) is 0 Å². The van der Waals surface area contributed by atoms with Gasteiger partial charge in [0.05, 0.1) is 0 Å². The van der Waals surface area contributed by atoms with Crippen LogP contribution in [0.5, 0.6) is 0 Å². The summed E-state index contributed by atoms with van der Waals surface area (Å²) >= 11 is 3.65. The fourth-order valence-electron chi connectivity index (χ4n) is 2.16. The number of halogens is 1. The maximum atomic E-state index is 12.3. The van der Waals surface area contributed by atoms with Crippen molar-refractivity contribution in [1.82, 2.24) is 9.88 Å². The molecule has 1 aliphatic rings. The van der Waals surface area contributed by atoms with Crippen LogP contribution < -0.4 is 0 Å². The standard InChI is InChI=1S/C13H17BrN2O/c1-9-8-16(6-4-12(9)14)13(17)11-3-5-15-10(2)7-11/h3,5,7,9,12H,4,6,8H2,1-2H3. The monoisotopic (exact) mass is 296 g/mol. The lowest BCUT2D eigenvalue weighted by molar-refractivity contribution is 0.0690. The number of nitrogens with zero attached hydrogens (tertiary/aromatic N) is 2. The number of carbonyl (C=O) groups excluding carboxylic acids is 1. The van der Waals surface area contributed by atoms with Crippen molar-refractivity contribution in [2.45, 2.75) is 25.1 Å². The first-order chi connectivity index (χ1) is 8.08. The van der Waals surface area contributed by atoms with Gasteiger partial charge in [-0.05, 0) is 31.4 Å². The molecule has 1 aromatic heterocycles. The summed E-state index contributed by atoms with van der Waals surface area (Å²) in [5.74, 6) is 0.636. The highest BCUT2D eigenvalue weighted by molar-refractivity contribution is 9.09. The second-order valence-corrected chi connectivity index (χ2v) is 5.90. The van der Waals surface area contributed by atoms with Gasteiger partial charge in [0.1, 0.15) is 0 Å². The lowest BCUT2D eigenvalue weighted by Crippen LogP contribution is -2.43. The summed E-state index contributed by atoms with van der Waals surface area (Å²) < 4.78 is 0. The Balaban J connectivity index is 2.10. The molecule has 0 aliphatic carbocycles. The summed E-state index contributed by atoms with van der Waals surface area (Å²) in [4.78, 5) is 18.9. The SMILES string of the molecule is Cc1cc(C(=O)N2CCC(Br)C(C)C2)ccn1. The highest BCUT2D eigenvalue weighted by Crippen LogP contribution is 2.24. The minimum absolute atomic E-state index is 0.127. The predicted molar refractivity (Wildman–Crippen MR) is 71.4 cm³/mol. The van der Waals surface area contributed by atoms with E-state index in [2.05, 4.69) is 27.8 Å². The fraction of sp³-hybridized carbons (Fsp3) is 0.538. The number of likely N-dealkylation sites (tertiary alicyclic amines) is 1. The van der Waals surface area contributed by atoms with Crippen molar-refractivity contribution in [3.63, 3.8) is 0 Å². The zero-order valence-corrected chi connectivity index (χ0v) is 11.8. The van der Waals surface area contributed by atoms with Crippen LogP contribution in [0.1, 0.15) is 29.4 Å². The van der Waals surface area contributed by atoms with Crippen molar-refractivity contribution in [2.24, 2.45) is 5.92 Å². The van der Waals surface area contributed by atoms with Crippen LogP contribution in [-0.2, 0) is 0 Å². The van der Waals surface area contributed by atoms with Gasteiger partial charge in [0.25, 0.3) is 5.91 Å². The molecule has 1 aromatic rings. The number of hydrogen-bond acceptors (Lipinski definition) is 2. The first-order valence-electron chi connectivity index (χ1n) is 5.94. The highest BCUT2D eigenvalue weighted by Gasteiger charge is 2.27. The van der Waals surface area contributed by atoms with Gasteiger partial charge in [-0.1, -0.05) is 22.9 Å². The molecule has 4 heteroatoms. The van der Waals surface area contributed by atoms with Crippen LogP contribution in [-0.4, -0.2) is 33.7 Å². The van der Waals surface area contributed by atoms with Crippen LogP contribution in [0.4, 0.5) is 0 Å². The number of amides is 1. The minimum atomic E-state index is 0.127. The van der Waals surface area contributed by atoms with Crippen molar-refractivity contribution in [3.8, 4) is 0 Å². The normalized spacial score (nSPS) is 24.8. The smallest absolute Gasteiger partial charge is 0.253 e. The summed E-state index contributed by atoms with van der Waals surface area (Å²) in [6.07, 6.45) is 2.72. The molecule has 0 spiro atoms. The first-order valence-corrected chi connectivity index (χ1v) is 6.85. The fourth-order valence-corrected chi connectivity index (χ4v) is 2.53. The Morgan fingerprint density at radius 2 is 2.35 bits per heavy atom. The van der Waals surface area contributed by atoms with E-state index < -0.39 is 0 Å². The van der Waals surface area contributed by atoms with Crippen LogP contribution in [0.3, 0.4) is 0 Å². The summed E-state index contributed by atoms with van der Waals surface area (Å²) in [7, 11) is 0. The average molecular weight is 297 g/mol. The zero-order chi connectivity index (χ0) is 12.4. The molecule has 0 saturated carbocycles. The van der Waals surface area contributed by atoms with Gasteiger partial charge in [-0.25, -0.2) is 0 Å². The van der Waals surface area contributed by atoms with Gasteiger partial charge in [-0.15, -0.1) is 0 Å². The molecule has 1 fully saturated rings. The van der Waals surface area contributed by atoms with Crippen LogP contribution in [0.15, 0.2) is 18.3 Å². The Morgan fingerprint density at radius 3 is 3.00 bits per heavy atom. The lowest BCUT2D eigenvalue weighted by atomic mass is 9.99. The van der Waals surface area contributed by atoms with Crippen molar-refractivity contribution in [3.05, 3.63) is 29.6 Å². The van der Waals surface area contributed by atoms with E-state index in [9.17, 15) is 4.79 Å². The molecule has 2 unspecified atom stereocenters. The Bertz CT molecular complexity index is 422. The molecular formula is C13H17BrN2O. The van der Waals surface area contributed by atoms with Gasteiger partial charge >= 0.3 is 0 Å². The van der Waals surface area contributed by atoms with Gasteiger partial charge in [-0.2, -0.15) is 0 Å². The Hall–Kier alpha value is -0.900. The summed E-state index contributed by atoms with van der Waals surface area (Å²) in [5, 5.41) is 0.